The summed E-state index contributed by atoms with van der Waals surface area (Å²) < 4.78 is 32.6. The quantitative estimate of drug-likeness (QED) is 0.425. The van der Waals surface area contributed by atoms with Gasteiger partial charge in [0.05, 0.1) is 28.6 Å². The summed E-state index contributed by atoms with van der Waals surface area (Å²) >= 11 is 6.06. The molecule has 4 heterocycles. The van der Waals surface area contributed by atoms with E-state index in [0.29, 0.717) is 40.7 Å². The van der Waals surface area contributed by atoms with Crippen molar-refractivity contribution in [3.8, 4) is 5.88 Å². The van der Waals surface area contributed by atoms with Crippen LogP contribution in [0.5, 0.6) is 5.88 Å². The molecule has 32 heavy (non-hydrogen) atoms. The van der Waals surface area contributed by atoms with Gasteiger partial charge in [0.1, 0.15) is 21.9 Å². The van der Waals surface area contributed by atoms with Crippen LogP contribution in [-0.4, -0.2) is 49.5 Å². The van der Waals surface area contributed by atoms with Gasteiger partial charge < -0.3 is 15.0 Å². The zero-order chi connectivity index (χ0) is 22.8. The van der Waals surface area contributed by atoms with E-state index in [1.165, 1.54) is 31.7 Å². The lowest BCUT2D eigenvalue weighted by molar-refractivity contribution is 0.0948. The first-order valence-electron chi connectivity index (χ1n) is 9.41. The van der Waals surface area contributed by atoms with Gasteiger partial charge in [-0.25, -0.2) is 14.4 Å². The third kappa shape index (κ3) is 4.21. The Morgan fingerprint density at radius 1 is 1.41 bits per heavy atom. The van der Waals surface area contributed by atoms with Crippen molar-refractivity contribution in [1.29, 1.82) is 0 Å². The van der Waals surface area contributed by atoms with Crippen LogP contribution in [0.1, 0.15) is 10.4 Å². The predicted octanol–water partition coefficient (Wildman–Crippen LogP) is 2.40. The molecule has 1 amide bonds. The number of carbonyl (C=O) groups is 1. The van der Waals surface area contributed by atoms with Gasteiger partial charge in [0.25, 0.3) is 5.91 Å². The maximum absolute atomic E-state index is 13.3. The minimum Gasteiger partial charge on any atom is -0.480 e. The van der Waals surface area contributed by atoms with E-state index in [4.69, 9.17) is 16.3 Å². The highest BCUT2D eigenvalue weighted by Crippen LogP contribution is 2.25. The maximum Gasteiger partial charge on any atom is 0.256 e. The largest absolute Gasteiger partial charge is 0.480 e. The Labute approximate surface area is 189 Å². The molecule has 166 valence electrons. The molecule has 2 N–H and O–H groups in total. The van der Waals surface area contributed by atoms with Gasteiger partial charge >= 0.3 is 0 Å². The molecule has 1 unspecified atom stereocenters. The van der Waals surface area contributed by atoms with Crippen LogP contribution < -0.4 is 15.5 Å². The Morgan fingerprint density at radius 3 is 2.94 bits per heavy atom. The summed E-state index contributed by atoms with van der Waals surface area (Å²) in [5, 5.41) is 2.93. The third-order valence-corrected chi connectivity index (χ3v) is 5.89. The summed E-state index contributed by atoms with van der Waals surface area (Å²) in [5.74, 6) is -0.0619. The van der Waals surface area contributed by atoms with Crippen molar-refractivity contribution in [3.05, 3.63) is 58.4 Å². The van der Waals surface area contributed by atoms with Gasteiger partial charge in [-0.2, -0.15) is 4.98 Å². The molecule has 5 rings (SSSR count). The Hall–Kier alpha value is -3.31. The summed E-state index contributed by atoms with van der Waals surface area (Å²) in [6.45, 7) is 0.682. The van der Waals surface area contributed by atoms with Gasteiger partial charge in [0.15, 0.2) is 5.49 Å². The molecule has 2 bridgehead atoms. The molecule has 0 radical (unpaired) electrons. The van der Waals surface area contributed by atoms with Gasteiger partial charge in [0, 0.05) is 25.5 Å². The minimum atomic E-state index is -1.42. The third-order valence-electron chi connectivity index (χ3n) is 4.64. The van der Waals surface area contributed by atoms with E-state index in [2.05, 4.69) is 25.3 Å². The minimum absolute atomic E-state index is 0.126. The number of nitrogens with zero attached hydrogens (tertiary/aromatic N) is 4. The lowest BCUT2D eigenvalue weighted by atomic mass is 10.2. The first-order chi connectivity index (χ1) is 15.4. The van der Waals surface area contributed by atoms with Crippen LogP contribution in [0.4, 0.5) is 10.1 Å². The van der Waals surface area contributed by atoms with Crippen LogP contribution in [0.25, 0.3) is 11.4 Å². The molecule has 1 atom stereocenters. The van der Waals surface area contributed by atoms with Crippen molar-refractivity contribution in [1.82, 2.24) is 24.8 Å². The molecule has 12 heteroatoms. The number of rotatable bonds is 7. The van der Waals surface area contributed by atoms with Crippen molar-refractivity contribution >= 4 is 45.4 Å². The molecule has 1 aromatic carbocycles. The average molecular weight is 477 g/mol. The van der Waals surface area contributed by atoms with Crippen molar-refractivity contribution in [2.75, 3.05) is 19.9 Å². The molecule has 0 fully saturated rings. The number of benzene rings is 1. The fraction of sp³-hybridized carbons (Fsp3) is 0.200. The number of ether oxygens (including phenoxy) is 1. The van der Waals surface area contributed by atoms with E-state index in [9.17, 15) is 13.4 Å². The molecule has 0 saturated carbocycles. The van der Waals surface area contributed by atoms with Crippen molar-refractivity contribution < 1.29 is 18.1 Å². The van der Waals surface area contributed by atoms with Crippen LogP contribution in [0, 0.1) is 5.82 Å². The van der Waals surface area contributed by atoms with Gasteiger partial charge in [-0.3, -0.25) is 13.6 Å². The number of hydrogen-bond acceptors (Lipinski definition) is 6. The molecule has 0 aliphatic carbocycles. The number of fused-ring (bicyclic) bond motifs is 2. The standard InChI is InChI=1S/C20H18ClFN6O3S/c1-31-19-12(4-3-7-24-19)18(29)23-8-9-28-17-15(32(2)30)16(26-20(28)27-17)25-14-6-5-11(22)10-13(14)21/h3-7,10H,8-9H2,1-2H3,(H,23,29)(H,25,26,27). The van der Waals surface area contributed by atoms with Crippen LogP contribution in [-0.2, 0) is 17.3 Å². The maximum atomic E-state index is 13.3. The number of aromatic amines is 1. The fourth-order valence-corrected chi connectivity index (χ4v) is 4.16. The summed E-state index contributed by atoms with van der Waals surface area (Å²) in [7, 11) is 0.0260. The lowest BCUT2D eigenvalue weighted by Gasteiger charge is -2.19. The molecule has 5 aromatic rings. The molecule has 0 aliphatic heterocycles. The summed E-state index contributed by atoms with van der Waals surface area (Å²) in [4.78, 5) is 28.6. The van der Waals surface area contributed by atoms with Crippen molar-refractivity contribution in [2.24, 2.45) is 4.99 Å². The predicted molar refractivity (Wildman–Crippen MR) is 117 cm³/mol. The molecular formula is C20H18ClFN6O3S. The van der Waals surface area contributed by atoms with Crippen LogP contribution in [0.15, 0.2) is 46.4 Å². The second-order valence-corrected chi connectivity index (χ2v) is 8.41. The first kappa shape index (κ1) is 21.9. The topological polar surface area (TPSA) is 114 Å². The zero-order valence-corrected chi connectivity index (χ0v) is 18.6. The highest BCUT2D eigenvalue weighted by molar-refractivity contribution is 7.84. The van der Waals surface area contributed by atoms with Gasteiger partial charge in [-0.05, 0) is 30.3 Å². The van der Waals surface area contributed by atoms with E-state index < -0.39 is 16.6 Å². The Kier molecular flexibility index (Phi) is 6.19. The normalized spacial score (nSPS) is 12.9. The van der Waals surface area contributed by atoms with Gasteiger partial charge in [-0.1, -0.05) is 11.6 Å². The number of amides is 1. The number of pyridine rings is 1. The monoisotopic (exact) mass is 476 g/mol. The second-order valence-electron chi connectivity index (χ2n) is 6.69. The zero-order valence-electron chi connectivity index (χ0n) is 17.1. The number of aromatic nitrogens is 4. The second kappa shape index (κ2) is 9.05. The van der Waals surface area contributed by atoms with E-state index in [1.54, 1.807) is 16.7 Å². The number of halogens is 2. The SMILES string of the molecule is COc1ncccc1C(=O)NCCn1c2nc(=Nc3ccc(F)cc3Cl)c(S(C)=O)c1[nH]2. The molecule has 0 aliphatic rings. The van der Waals surface area contributed by atoms with Crippen molar-refractivity contribution in [2.45, 2.75) is 11.4 Å². The van der Waals surface area contributed by atoms with E-state index in [-0.39, 0.29) is 22.3 Å². The molecule has 4 aromatic heterocycles. The van der Waals surface area contributed by atoms with Crippen molar-refractivity contribution in [3.63, 3.8) is 0 Å². The Balaban J connectivity index is 1.57. The highest BCUT2D eigenvalue weighted by Gasteiger charge is 2.20. The van der Waals surface area contributed by atoms with E-state index in [0.717, 1.165) is 6.07 Å². The molecule has 9 nitrogen and oxygen atoms in total. The summed E-state index contributed by atoms with van der Waals surface area (Å²) in [6.07, 6.45) is 3.05. The van der Waals surface area contributed by atoms with Crippen LogP contribution in [0.2, 0.25) is 5.02 Å². The molecule has 0 spiro atoms. The fourth-order valence-electron chi connectivity index (χ4n) is 3.17. The lowest BCUT2D eigenvalue weighted by Crippen LogP contribution is -2.32. The van der Waals surface area contributed by atoms with Crippen LogP contribution >= 0.6 is 11.6 Å². The average Bonchev–Trinajstić information content (AvgIpc) is 2.77. The Bertz CT molecular complexity index is 1390. The number of hydrogen-bond donors (Lipinski definition) is 2. The summed E-state index contributed by atoms with van der Waals surface area (Å²) in [6, 6.07) is 7.09. The van der Waals surface area contributed by atoms with Gasteiger partial charge in [0.2, 0.25) is 11.7 Å². The Morgan fingerprint density at radius 2 is 2.22 bits per heavy atom. The van der Waals surface area contributed by atoms with Crippen LogP contribution in [0.3, 0.4) is 0 Å². The number of H-pyrrole nitrogens is 1. The molecule has 0 saturated heterocycles. The summed E-state index contributed by atoms with van der Waals surface area (Å²) in [5.41, 5.74) is 1.47. The number of methoxy groups -OCH3 is 1. The number of nitrogens with one attached hydrogen (secondary N) is 2. The van der Waals surface area contributed by atoms with Gasteiger partial charge in [-0.15, -0.1) is 0 Å². The molecular weight excluding hydrogens is 459 g/mol. The van der Waals surface area contributed by atoms with E-state index >= 15 is 0 Å². The smallest absolute Gasteiger partial charge is 0.256 e. The highest BCUT2D eigenvalue weighted by atomic mass is 35.5. The van der Waals surface area contributed by atoms with E-state index in [1.807, 2.05) is 0 Å². The first-order valence-corrected chi connectivity index (χ1v) is 11.3. The number of carbonyl (C=O) groups excluding carboxylic acids is 1.